The van der Waals surface area contributed by atoms with Crippen molar-refractivity contribution in [1.82, 2.24) is 0 Å². The zero-order valence-electron chi connectivity index (χ0n) is 6.31. The molecule has 1 aliphatic rings. The van der Waals surface area contributed by atoms with Crippen LogP contribution in [0.3, 0.4) is 0 Å². The average molecular weight is 146 g/mol. The molecule has 0 atom stereocenters. The summed E-state index contributed by atoms with van der Waals surface area (Å²) in [6, 6.07) is 2.36. The Labute approximate surface area is 57.4 Å². The highest BCUT2D eigenvalue weighted by atomic mass is 28.4. The Morgan fingerprint density at radius 2 is 1.67 bits per heavy atom. The van der Waals surface area contributed by atoms with Gasteiger partial charge in [-0.15, -0.1) is 0 Å². The summed E-state index contributed by atoms with van der Waals surface area (Å²) in [5, 5.41) is 0. The van der Waals surface area contributed by atoms with Gasteiger partial charge in [-0.25, -0.2) is 0 Å². The Balaban J connectivity index is 2.36. The van der Waals surface area contributed by atoms with Crippen LogP contribution >= 0.6 is 0 Å². The van der Waals surface area contributed by atoms with Gasteiger partial charge in [-0.05, 0) is 18.0 Å². The van der Waals surface area contributed by atoms with E-state index >= 15 is 0 Å². The molecule has 3 heteroatoms. The quantitative estimate of drug-likeness (QED) is 0.548. The van der Waals surface area contributed by atoms with Crippen molar-refractivity contribution in [3.05, 3.63) is 0 Å². The second kappa shape index (κ2) is 2.40. The highest BCUT2D eigenvalue weighted by Gasteiger charge is 2.47. The van der Waals surface area contributed by atoms with Gasteiger partial charge in [0.1, 0.15) is 0 Å². The lowest BCUT2D eigenvalue weighted by Crippen LogP contribution is -2.50. The van der Waals surface area contributed by atoms with Gasteiger partial charge in [-0.2, -0.15) is 0 Å². The van der Waals surface area contributed by atoms with E-state index in [-0.39, 0.29) is 0 Å². The molecule has 9 heavy (non-hydrogen) atoms. The van der Waals surface area contributed by atoms with Gasteiger partial charge in [0.15, 0.2) is 0 Å². The van der Waals surface area contributed by atoms with Gasteiger partial charge in [0.2, 0.25) is 0 Å². The van der Waals surface area contributed by atoms with Crippen LogP contribution in [0.2, 0.25) is 12.1 Å². The van der Waals surface area contributed by atoms with Gasteiger partial charge in [0.25, 0.3) is 0 Å². The molecular weight excluding hydrogens is 132 g/mol. The molecule has 0 saturated carbocycles. The van der Waals surface area contributed by atoms with Crippen LogP contribution in [0, 0.1) is 5.92 Å². The molecule has 0 N–H and O–H groups in total. The second-order valence-corrected chi connectivity index (χ2v) is 6.29. The van der Waals surface area contributed by atoms with Crippen molar-refractivity contribution in [2.45, 2.75) is 19.0 Å². The lowest BCUT2D eigenvalue weighted by atomic mass is 10.2. The monoisotopic (exact) mass is 146 g/mol. The van der Waals surface area contributed by atoms with E-state index in [0.29, 0.717) is 0 Å². The summed E-state index contributed by atoms with van der Waals surface area (Å²) in [5.41, 5.74) is 0. The molecule has 0 aromatic rings. The van der Waals surface area contributed by atoms with Crippen molar-refractivity contribution in [3.8, 4) is 0 Å². The molecule has 0 spiro atoms. The van der Waals surface area contributed by atoms with E-state index in [1.54, 1.807) is 14.2 Å². The van der Waals surface area contributed by atoms with E-state index in [4.69, 9.17) is 8.85 Å². The van der Waals surface area contributed by atoms with Crippen molar-refractivity contribution >= 4 is 8.56 Å². The lowest BCUT2D eigenvalue weighted by molar-refractivity contribution is 0.205. The maximum Gasteiger partial charge on any atom is 0.338 e. The fourth-order valence-electron chi connectivity index (χ4n) is 1.42. The van der Waals surface area contributed by atoms with E-state index < -0.39 is 8.56 Å². The molecule has 1 aliphatic heterocycles. The van der Waals surface area contributed by atoms with Crippen LogP contribution in [0.25, 0.3) is 0 Å². The molecule has 0 amide bonds. The first-order valence-corrected chi connectivity index (χ1v) is 5.56. The van der Waals surface area contributed by atoms with Gasteiger partial charge >= 0.3 is 8.56 Å². The first kappa shape index (κ1) is 7.25. The third-order valence-electron chi connectivity index (χ3n) is 2.06. The summed E-state index contributed by atoms with van der Waals surface area (Å²) in [6.07, 6.45) is 0. The first-order valence-electron chi connectivity index (χ1n) is 3.33. The number of hydrogen-bond donors (Lipinski definition) is 0. The minimum Gasteiger partial charge on any atom is -0.398 e. The minimum atomic E-state index is -1.55. The maximum absolute atomic E-state index is 5.31. The fraction of sp³-hybridized carbons (Fsp3) is 1.00. The first-order chi connectivity index (χ1) is 4.22. The predicted octanol–water partition coefficient (Wildman–Crippen LogP) is 1.37. The zero-order chi connectivity index (χ0) is 6.91. The molecule has 0 aromatic heterocycles. The maximum atomic E-state index is 5.31. The number of hydrogen-bond acceptors (Lipinski definition) is 2. The van der Waals surface area contributed by atoms with Crippen molar-refractivity contribution in [3.63, 3.8) is 0 Å². The van der Waals surface area contributed by atoms with Gasteiger partial charge in [0.05, 0.1) is 0 Å². The fourth-order valence-corrected chi connectivity index (χ4v) is 4.26. The van der Waals surface area contributed by atoms with E-state index in [0.717, 1.165) is 5.92 Å². The summed E-state index contributed by atoms with van der Waals surface area (Å²) in [5.74, 6) is 0.830. The molecule has 0 radical (unpaired) electrons. The molecule has 0 aliphatic carbocycles. The Hall–Kier alpha value is 0.137. The summed E-state index contributed by atoms with van der Waals surface area (Å²) in [7, 11) is 1.98. The molecule has 1 saturated heterocycles. The van der Waals surface area contributed by atoms with Crippen LogP contribution in [0.4, 0.5) is 0 Å². The Bertz CT molecular complexity index is 93.2. The Morgan fingerprint density at radius 1 is 1.22 bits per heavy atom. The highest BCUT2D eigenvalue weighted by molar-refractivity contribution is 6.70. The summed E-state index contributed by atoms with van der Waals surface area (Å²) < 4.78 is 10.6. The standard InChI is InChI=1S/C6H14O2Si/c1-6-4-9(5-6,7-2)8-3/h6H,4-5H2,1-3H3. The Morgan fingerprint density at radius 3 is 1.78 bits per heavy atom. The van der Waals surface area contributed by atoms with Gasteiger partial charge < -0.3 is 8.85 Å². The van der Waals surface area contributed by atoms with Crippen LogP contribution in [0.15, 0.2) is 0 Å². The minimum absolute atomic E-state index is 0.830. The molecule has 0 unspecified atom stereocenters. The molecule has 2 nitrogen and oxygen atoms in total. The van der Waals surface area contributed by atoms with Gasteiger partial charge in [-0.3, -0.25) is 0 Å². The van der Waals surface area contributed by atoms with Crippen molar-refractivity contribution in [2.75, 3.05) is 14.2 Å². The molecule has 1 heterocycles. The number of rotatable bonds is 2. The Kier molecular flexibility index (Phi) is 1.93. The third kappa shape index (κ3) is 1.18. The lowest BCUT2D eigenvalue weighted by Gasteiger charge is -2.40. The van der Waals surface area contributed by atoms with E-state index in [2.05, 4.69) is 6.92 Å². The molecule has 1 fully saturated rings. The molecule has 54 valence electrons. The highest BCUT2D eigenvalue weighted by Crippen LogP contribution is 2.38. The smallest absolute Gasteiger partial charge is 0.338 e. The predicted molar refractivity (Wildman–Crippen MR) is 38.6 cm³/mol. The third-order valence-corrected chi connectivity index (χ3v) is 6.19. The molecular formula is C6H14O2Si. The SMILES string of the molecule is CO[Si]1(OC)CC(C)C1. The van der Waals surface area contributed by atoms with E-state index in [1.165, 1.54) is 12.1 Å². The van der Waals surface area contributed by atoms with E-state index in [1.807, 2.05) is 0 Å². The average Bonchev–Trinajstić information content (AvgIpc) is 1.81. The van der Waals surface area contributed by atoms with Crippen molar-refractivity contribution in [1.29, 1.82) is 0 Å². The van der Waals surface area contributed by atoms with Gasteiger partial charge in [-0.1, -0.05) is 6.92 Å². The normalized spacial score (nSPS) is 25.7. The summed E-state index contributed by atoms with van der Waals surface area (Å²) in [6.45, 7) is 2.24. The van der Waals surface area contributed by atoms with Crippen LogP contribution in [0.5, 0.6) is 0 Å². The van der Waals surface area contributed by atoms with Crippen LogP contribution in [0.1, 0.15) is 6.92 Å². The largest absolute Gasteiger partial charge is 0.398 e. The van der Waals surface area contributed by atoms with Crippen LogP contribution < -0.4 is 0 Å². The summed E-state index contributed by atoms with van der Waals surface area (Å²) >= 11 is 0. The van der Waals surface area contributed by atoms with Crippen molar-refractivity contribution in [2.24, 2.45) is 5.92 Å². The molecule has 0 bridgehead atoms. The van der Waals surface area contributed by atoms with Crippen LogP contribution in [-0.4, -0.2) is 22.8 Å². The van der Waals surface area contributed by atoms with Crippen LogP contribution in [-0.2, 0) is 8.85 Å². The second-order valence-electron chi connectivity index (χ2n) is 2.83. The molecule has 0 aromatic carbocycles. The molecule has 1 rings (SSSR count). The van der Waals surface area contributed by atoms with E-state index in [9.17, 15) is 0 Å². The zero-order valence-corrected chi connectivity index (χ0v) is 7.31. The topological polar surface area (TPSA) is 18.5 Å². The van der Waals surface area contributed by atoms with Gasteiger partial charge in [0, 0.05) is 14.2 Å². The van der Waals surface area contributed by atoms with Crippen molar-refractivity contribution < 1.29 is 8.85 Å². The summed E-state index contributed by atoms with van der Waals surface area (Å²) in [4.78, 5) is 0.